The largest absolute Gasteiger partial charge is 0.205 e. The van der Waals surface area contributed by atoms with Crippen LogP contribution in [-0.2, 0) is 6.42 Å². The molecule has 0 saturated heterocycles. The van der Waals surface area contributed by atoms with Crippen molar-refractivity contribution in [2.45, 2.75) is 19.3 Å². The number of aryl methyl sites for hydroxylation is 1. The number of hydrogen-bond acceptors (Lipinski definition) is 0. The Morgan fingerprint density at radius 2 is 2.00 bits per heavy atom. The lowest BCUT2D eigenvalue weighted by atomic mass is 10.1. The molecule has 0 N–H and O–H groups in total. The number of hydrogen-bond donors (Lipinski definition) is 0. The maximum atomic E-state index is 12.9. The number of halogens is 3. The second kappa shape index (κ2) is 5.46. The van der Waals surface area contributed by atoms with Crippen molar-refractivity contribution in [2.75, 3.05) is 5.88 Å². The summed E-state index contributed by atoms with van der Waals surface area (Å²) in [6.45, 7) is 0. The predicted octanol–water partition coefficient (Wildman–Crippen LogP) is 4.04. The zero-order valence-corrected chi connectivity index (χ0v) is 8.71. The summed E-state index contributed by atoms with van der Waals surface area (Å²) >= 11 is 11.1. The highest BCUT2D eigenvalue weighted by Crippen LogP contribution is 2.16. The first-order chi connectivity index (χ1) is 6.24. The van der Waals surface area contributed by atoms with Crippen LogP contribution in [0.25, 0.3) is 0 Å². The third kappa shape index (κ3) is 3.53. The van der Waals surface area contributed by atoms with Gasteiger partial charge in [-0.1, -0.05) is 17.7 Å². The van der Waals surface area contributed by atoms with E-state index in [1.165, 1.54) is 6.07 Å². The summed E-state index contributed by atoms with van der Waals surface area (Å²) in [4.78, 5) is 0. The minimum absolute atomic E-state index is 0.182. The van der Waals surface area contributed by atoms with Crippen LogP contribution in [-0.4, -0.2) is 5.88 Å². The van der Waals surface area contributed by atoms with Gasteiger partial charge in [0, 0.05) is 5.88 Å². The van der Waals surface area contributed by atoms with Crippen LogP contribution >= 0.6 is 23.2 Å². The van der Waals surface area contributed by atoms with Gasteiger partial charge < -0.3 is 0 Å². The Hall–Kier alpha value is -0.270. The fourth-order valence-electron chi connectivity index (χ4n) is 1.12. The summed E-state index contributed by atoms with van der Waals surface area (Å²) in [5.41, 5.74) is 0.979. The Morgan fingerprint density at radius 3 is 2.62 bits per heavy atom. The molecule has 1 aromatic carbocycles. The molecule has 1 rings (SSSR count). The smallest absolute Gasteiger partial charge is 0.142 e. The molecule has 1 aromatic rings. The summed E-state index contributed by atoms with van der Waals surface area (Å²) in [6.07, 6.45) is 2.82. The Balaban J connectivity index is 2.53. The van der Waals surface area contributed by atoms with Crippen LogP contribution in [0.2, 0.25) is 5.02 Å². The molecular formula is C10H11Cl2F. The lowest BCUT2D eigenvalue weighted by molar-refractivity contribution is 0.624. The average Bonchev–Trinajstić information content (AvgIpc) is 2.12. The molecular weight excluding hydrogens is 210 g/mol. The summed E-state index contributed by atoms with van der Waals surface area (Å²) in [5, 5.41) is 0.182. The van der Waals surface area contributed by atoms with Crippen LogP contribution in [0.1, 0.15) is 18.4 Å². The van der Waals surface area contributed by atoms with E-state index in [4.69, 9.17) is 23.2 Å². The lowest BCUT2D eigenvalue weighted by Gasteiger charge is -2.01. The van der Waals surface area contributed by atoms with Crippen LogP contribution in [0.15, 0.2) is 18.2 Å². The van der Waals surface area contributed by atoms with E-state index in [9.17, 15) is 4.39 Å². The van der Waals surface area contributed by atoms with Gasteiger partial charge in [0.2, 0.25) is 0 Å². The molecule has 72 valence electrons. The van der Waals surface area contributed by atoms with Crippen LogP contribution in [0.4, 0.5) is 4.39 Å². The van der Waals surface area contributed by atoms with Gasteiger partial charge in [0.05, 0.1) is 5.02 Å². The zero-order chi connectivity index (χ0) is 9.68. The van der Waals surface area contributed by atoms with Crippen molar-refractivity contribution >= 4 is 23.2 Å². The van der Waals surface area contributed by atoms with Crippen molar-refractivity contribution in [2.24, 2.45) is 0 Å². The zero-order valence-electron chi connectivity index (χ0n) is 7.19. The van der Waals surface area contributed by atoms with Crippen molar-refractivity contribution in [3.05, 3.63) is 34.6 Å². The molecule has 0 spiro atoms. The van der Waals surface area contributed by atoms with E-state index in [1.54, 1.807) is 6.07 Å². The van der Waals surface area contributed by atoms with Gasteiger partial charge in [0.1, 0.15) is 5.82 Å². The van der Waals surface area contributed by atoms with E-state index in [2.05, 4.69) is 0 Å². The number of benzene rings is 1. The van der Waals surface area contributed by atoms with Crippen molar-refractivity contribution in [3.63, 3.8) is 0 Å². The van der Waals surface area contributed by atoms with Crippen LogP contribution < -0.4 is 0 Å². The van der Waals surface area contributed by atoms with Gasteiger partial charge in [-0.2, -0.15) is 0 Å². The Labute approximate surface area is 87.7 Å². The third-order valence-corrected chi connectivity index (χ3v) is 2.41. The quantitative estimate of drug-likeness (QED) is 0.531. The summed E-state index contributed by atoms with van der Waals surface area (Å²) in [7, 11) is 0. The summed E-state index contributed by atoms with van der Waals surface area (Å²) < 4.78 is 12.9. The van der Waals surface area contributed by atoms with Gasteiger partial charge in [-0.25, -0.2) is 4.39 Å². The van der Waals surface area contributed by atoms with E-state index >= 15 is 0 Å². The fraction of sp³-hybridized carbons (Fsp3) is 0.400. The predicted molar refractivity (Wildman–Crippen MR) is 55.1 cm³/mol. The highest BCUT2D eigenvalue weighted by atomic mass is 35.5. The van der Waals surface area contributed by atoms with Crippen molar-refractivity contribution in [1.82, 2.24) is 0 Å². The van der Waals surface area contributed by atoms with Crippen LogP contribution in [0.5, 0.6) is 0 Å². The molecule has 0 unspecified atom stereocenters. The van der Waals surface area contributed by atoms with Crippen LogP contribution in [0.3, 0.4) is 0 Å². The Kier molecular flexibility index (Phi) is 4.54. The van der Waals surface area contributed by atoms with Crippen molar-refractivity contribution in [3.8, 4) is 0 Å². The van der Waals surface area contributed by atoms with Gasteiger partial charge in [0.15, 0.2) is 0 Å². The topological polar surface area (TPSA) is 0 Å². The molecule has 0 radical (unpaired) electrons. The van der Waals surface area contributed by atoms with Crippen molar-refractivity contribution in [1.29, 1.82) is 0 Å². The highest BCUT2D eigenvalue weighted by molar-refractivity contribution is 6.30. The molecule has 0 atom stereocenters. The average molecular weight is 221 g/mol. The minimum Gasteiger partial charge on any atom is -0.205 e. The molecule has 0 amide bonds. The molecule has 0 heterocycles. The molecule has 3 heteroatoms. The Bertz CT molecular complexity index is 274. The first kappa shape index (κ1) is 10.8. The SMILES string of the molecule is Fc1cc(CCCCCl)ccc1Cl. The van der Waals surface area contributed by atoms with Crippen molar-refractivity contribution < 1.29 is 4.39 Å². The monoisotopic (exact) mass is 220 g/mol. The normalized spacial score (nSPS) is 10.4. The number of alkyl halides is 1. The first-order valence-electron chi connectivity index (χ1n) is 4.24. The lowest BCUT2D eigenvalue weighted by Crippen LogP contribution is -1.88. The maximum absolute atomic E-state index is 12.9. The molecule has 0 nitrogen and oxygen atoms in total. The number of rotatable bonds is 4. The second-order valence-electron chi connectivity index (χ2n) is 2.89. The van der Waals surface area contributed by atoms with Gasteiger partial charge in [-0.3, -0.25) is 0 Å². The summed E-state index contributed by atoms with van der Waals surface area (Å²) in [5.74, 6) is 0.320. The van der Waals surface area contributed by atoms with E-state index in [-0.39, 0.29) is 10.8 Å². The first-order valence-corrected chi connectivity index (χ1v) is 5.15. The van der Waals surface area contributed by atoms with Gasteiger partial charge >= 0.3 is 0 Å². The molecule has 0 aliphatic heterocycles. The van der Waals surface area contributed by atoms with E-state index in [1.807, 2.05) is 6.07 Å². The number of unbranched alkanes of at least 4 members (excludes halogenated alkanes) is 1. The van der Waals surface area contributed by atoms with E-state index < -0.39 is 0 Å². The molecule has 0 fully saturated rings. The fourth-order valence-corrected chi connectivity index (χ4v) is 1.43. The molecule has 0 aliphatic rings. The Morgan fingerprint density at radius 1 is 1.23 bits per heavy atom. The molecule has 0 saturated carbocycles. The van der Waals surface area contributed by atoms with E-state index in [0.717, 1.165) is 24.8 Å². The van der Waals surface area contributed by atoms with Gasteiger partial charge in [-0.15, -0.1) is 11.6 Å². The molecule has 0 bridgehead atoms. The highest BCUT2D eigenvalue weighted by Gasteiger charge is 2.00. The van der Waals surface area contributed by atoms with Crippen LogP contribution in [0, 0.1) is 5.82 Å². The third-order valence-electron chi connectivity index (χ3n) is 1.83. The molecule has 0 aliphatic carbocycles. The van der Waals surface area contributed by atoms with Gasteiger partial charge in [-0.05, 0) is 37.0 Å². The second-order valence-corrected chi connectivity index (χ2v) is 3.68. The minimum atomic E-state index is -0.343. The van der Waals surface area contributed by atoms with E-state index in [0.29, 0.717) is 5.88 Å². The molecule has 0 aromatic heterocycles. The van der Waals surface area contributed by atoms with Gasteiger partial charge in [0.25, 0.3) is 0 Å². The standard InChI is InChI=1S/C10H11Cl2F/c11-6-2-1-3-8-4-5-9(12)10(13)7-8/h4-5,7H,1-3,6H2. The molecule has 13 heavy (non-hydrogen) atoms. The maximum Gasteiger partial charge on any atom is 0.142 e. The summed E-state index contributed by atoms with van der Waals surface area (Å²) in [6, 6.07) is 4.92.